The average Bonchev–Trinajstić information content (AvgIpc) is 3.00. The summed E-state index contributed by atoms with van der Waals surface area (Å²) < 4.78 is 0. The Balaban J connectivity index is 1.74. The van der Waals surface area contributed by atoms with Crippen molar-refractivity contribution in [3.63, 3.8) is 0 Å². The van der Waals surface area contributed by atoms with Gasteiger partial charge < -0.3 is 5.32 Å². The van der Waals surface area contributed by atoms with Gasteiger partial charge in [0.25, 0.3) is 0 Å². The Labute approximate surface area is 126 Å². The van der Waals surface area contributed by atoms with Gasteiger partial charge in [-0.25, -0.2) is 0 Å². The molecule has 1 heterocycles. The van der Waals surface area contributed by atoms with Crippen molar-refractivity contribution in [3.8, 4) is 0 Å². The summed E-state index contributed by atoms with van der Waals surface area (Å²) in [5, 5.41) is 5.91. The molecule has 106 valence electrons. The normalized spacial score (nSPS) is 21.6. The van der Waals surface area contributed by atoms with E-state index < -0.39 is 0 Å². The molecule has 0 saturated carbocycles. The first-order chi connectivity index (χ1) is 9.88. The smallest absolute Gasteiger partial charge is 0.0351 e. The van der Waals surface area contributed by atoms with Crippen molar-refractivity contribution in [2.45, 2.75) is 38.6 Å². The minimum atomic E-state index is 0.546. The molecule has 3 rings (SSSR count). The Morgan fingerprint density at radius 3 is 2.90 bits per heavy atom. The van der Waals surface area contributed by atoms with E-state index in [1.807, 2.05) is 11.3 Å². The molecule has 1 aromatic carbocycles. The van der Waals surface area contributed by atoms with Gasteiger partial charge >= 0.3 is 0 Å². The monoisotopic (exact) mass is 285 g/mol. The summed E-state index contributed by atoms with van der Waals surface area (Å²) in [5.41, 5.74) is 3.09. The van der Waals surface area contributed by atoms with Crippen molar-refractivity contribution in [1.29, 1.82) is 0 Å². The van der Waals surface area contributed by atoms with Gasteiger partial charge in [-0.15, -0.1) is 11.3 Å². The first-order valence-electron chi connectivity index (χ1n) is 7.72. The van der Waals surface area contributed by atoms with Crippen molar-refractivity contribution in [1.82, 2.24) is 5.32 Å². The number of hydrogen-bond donors (Lipinski definition) is 1. The van der Waals surface area contributed by atoms with Gasteiger partial charge in [-0.05, 0) is 60.7 Å². The molecule has 0 saturated heterocycles. The summed E-state index contributed by atoms with van der Waals surface area (Å²) in [6.45, 7) is 3.27. The zero-order valence-corrected chi connectivity index (χ0v) is 13.0. The van der Waals surface area contributed by atoms with Crippen LogP contribution in [0.3, 0.4) is 0 Å². The van der Waals surface area contributed by atoms with Gasteiger partial charge in [-0.1, -0.05) is 37.3 Å². The Bertz CT molecular complexity index is 532. The molecule has 1 aromatic heterocycles. The Morgan fingerprint density at radius 1 is 1.20 bits per heavy atom. The second-order valence-corrected chi connectivity index (χ2v) is 6.68. The second kappa shape index (κ2) is 6.55. The highest BCUT2D eigenvalue weighted by atomic mass is 32.1. The number of rotatable bonds is 5. The van der Waals surface area contributed by atoms with E-state index >= 15 is 0 Å². The lowest BCUT2D eigenvalue weighted by Gasteiger charge is -2.34. The minimum absolute atomic E-state index is 0.546. The van der Waals surface area contributed by atoms with Gasteiger partial charge in [0.1, 0.15) is 0 Å². The van der Waals surface area contributed by atoms with Crippen LogP contribution >= 0.6 is 11.3 Å². The molecule has 1 aliphatic carbocycles. The van der Waals surface area contributed by atoms with Crippen molar-refractivity contribution in [2.24, 2.45) is 5.92 Å². The quantitative estimate of drug-likeness (QED) is 0.847. The zero-order valence-electron chi connectivity index (χ0n) is 12.1. The molecule has 0 fully saturated rings. The topological polar surface area (TPSA) is 12.0 Å². The number of nitrogens with one attached hydrogen (secondary N) is 1. The molecule has 0 amide bonds. The van der Waals surface area contributed by atoms with Gasteiger partial charge in [0, 0.05) is 10.9 Å². The molecule has 2 heteroatoms. The largest absolute Gasteiger partial charge is 0.310 e. The van der Waals surface area contributed by atoms with Crippen molar-refractivity contribution < 1.29 is 0 Å². The van der Waals surface area contributed by atoms with E-state index in [4.69, 9.17) is 0 Å². The molecule has 2 unspecified atom stereocenters. The second-order valence-electron chi connectivity index (χ2n) is 5.65. The summed E-state index contributed by atoms with van der Waals surface area (Å²) in [7, 11) is 0. The molecule has 2 atom stereocenters. The Hall–Kier alpha value is -1.12. The number of fused-ring (bicyclic) bond motifs is 1. The molecule has 0 spiro atoms. The van der Waals surface area contributed by atoms with Crippen LogP contribution in [0.4, 0.5) is 0 Å². The molecule has 1 aliphatic rings. The zero-order chi connectivity index (χ0) is 13.8. The number of aryl methyl sites for hydroxylation is 2. The average molecular weight is 285 g/mol. The van der Waals surface area contributed by atoms with Crippen LogP contribution < -0.4 is 5.32 Å². The lowest BCUT2D eigenvalue weighted by Crippen LogP contribution is -2.32. The van der Waals surface area contributed by atoms with Gasteiger partial charge in [0.15, 0.2) is 0 Å². The molecule has 20 heavy (non-hydrogen) atoms. The number of thiophene rings is 1. The number of benzene rings is 1. The van der Waals surface area contributed by atoms with Gasteiger partial charge in [-0.3, -0.25) is 0 Å². The van der Waals surface area contributed by atoms with E-state index in [-0.39, 0.29) is 0 Å². The fourth-order valence-electron chi connectivity index (χ4n) is 3.42. The maximum Gasteiger partial charge on any atom is 0.0351 e. The van der Waals surface area contributed by atoms with Crippen LogP contribution in [-0.2, 0) is 12.8 Å². The van der Waals surface area contributed by atoms with E-state index in [1.165, 1.54) is 36.1 Å². The van der Waals surface area contributed by atoms with E-state index in [2.05, 4.69) is 54.0 Å². The molecule has 0 bridgehead atoms. The van der Waals surface area contributed by atoms with Gasteiger partial charge in [0.05, 0.1) is 0 Å². The van der Waals surface area contributed by atoms with Crippen LogP contribution in [0.15, 0.2) is 41.8 Å². The first-order valence-corrected chi connectivity index (χ1v) is 8.60. The fraction of sp³-hybridized carbons (Fsp3) is 0.444. The summed E-state index contributed by atoms with van der Waals surface area (Å²) in [5.74, 6) is 0.770. The number of hydrogen-bond acceptors (Lipinski definition) is 2. The van der Waals surface area contributed by atoms with Crippen LogP contribution in [0.2, 0.25) is 0 Å². The fourth-order valence-corrected chi connectivity index (χ4v) is 4.14. The van der Waals surface area contributed by atoms with Crippen molar-refractivity contribution in [2.75, 3.05) is 6.54 Å². The van der Waals surface area contributed by atoms with E-state index in [1.54, 1.807) is 5.56 Å². The lowest BCUT2D eigenvalue weighted by atomic mass is 9.77. The predicted octanol–water partition coefficient (Wildman–Crippen LogP) is 4.59. The standard InChI is InChI=1S/C18H23NS/c1-2-19-18-15(11-12-16-7-5-13-20-16)10-9-14-6-3-4-8-17(14)18/h3-8,13,15,18-19H,2,9-12H2,1H3. The summed E-state index contributed by atoms with van der Waals surface area (Å²) >= 11 is 1.89. The molecule has 1 nitrogen and oxygen atoms in total. The maximum atomic E-state index is 3.72. The first kappa shape index (κ1) is 13.8. The lowest BCUT2D eigenvalue weighted by molar-refractivity contribution is 0.308. The highest BCUT2D eigenvalue weighted by Gasteiger charge is 2.28. The third-order valence-corrected chi connectivity index (χ3v) is 5.35. The van der Waals surface area contributed by atoms with Crippen LogP contribution in [0.5, 0.6) is 0 Å². The summed E-state index contributed by atoms with van der Waals surface area (Å²) in [6.07, 6.45) is 5.09. The Kier molecular flexibility index (Phi) is 4.54. The van der Waals surface area contributed by atoms with Gasteiger partial charge in [0.2, 0.25) is 0 Å². The molecular formula is C18H23NS. The van der Waals surface area contributed by atoms with Crippen molar-refractivity contribution >= 4 is 11.3 Å². The highest BCUT2D eigenvalue weighted by Crippen LogP contribution is 2.37. The molecule has 1 N–H and O–H groups in total. The van der Waals surface area contributed by atoms with Crippen molar-refractivity contribution in [3.05, 3.63) is 57.8 Å². The molecule has 0 aliphatic heterocycles. The third kappa shape index (κ3) is 2.97. The highest BCUT2D eigenvalue weighted by molar-refractivity contribution is 7.09. The van der Waals surface area contributed by atoms with Crippen LogP contribution in [-0.4, -0.2) is 6.54 Å². The minimum Gasteiger partial charge on any atom is -0.310 e. The maximum absolute atomic E-state index is 3.72. The SMILES string of the molecule is CCNC1c2ccccc2CCC1CCc1cccs1. The van der Waals surface area contributed by atoms with Crippen LogP contribution in [0.1, 0.15) is 41.8 Å². The van der Waals surface area contributed by atoms with Crippen LogP contribution in [0.25, 0.3) is 0 Å². The third-order valence-electron chi connectivity index (χ3n) is 4.41. The molecule has 2 aromatic rings. The van der Waals surface area contributed by atoms with Gasteiger partial charge in [-0.2, -0.15) is 0 Å². The molecule has 0 radical (unpaired) electrons. The Morgan fingerprint density at radius 2 is 2.10 bits per heavy atom. The van der Waals surface area contributed by atoms with E-state index in [9.17, 15) is 0 Å². The van der Waals surface area contributed by atoms with Crippen LogP contribution in [0, 0.1) is 5.92 Å². The van der Waals surface area contributed by atoms with E-state index in [0.717, 1.165) is 12.5 Å². The predicted molar refractivity (Wildman–Crippen MR) is 87.3 cm³/mol. The van der Waals surface area contributed by atoms with E-state index in [0.29, 0.717) is 6.04 Å². The summed E-state index contributed by atoms with van der Waals surface area (Å²) in [4.78, 5) is 1.53. The summed E-state index contributed by atoms with van der Waals surface area (Å²) in [6, 6.07) is 14.0. The molecular weight excluding hydrogens is 262 g/mol.